The van der Waals surface area contributed by atoms with Crippen LogP contribution in [0.25, 0.3) is 0 Å². The van der Waals surface area contributed by atoms with Crippen LogP contribution in [0.1, 0.15) is 51.4 Å². The summed E-state index contributed by atoms with van der Waals surface area (Å²) in [7, 11) is 1.88. The van der Waals surface area contributed by atoms with Gasteiger partial charge in [-0.2, -0.15) is 0 Å². The molecule has 156 valence electrons. The SMILES string of the molecule is CN=C(NCCCOCC1CCOC1)N1CCC(OCC2CCCC2)CC1. The standard InChI is InChI=1S/C21H39N3O3/c1-22-21(23-10-4-13-25-15-19-9-14-26-16-19)24-11-7-20(8-12-24)27-17-18-5-2-3-6-18/h18-20H,2-17H2,1H3,(H,22,23). The normalized spacial score (nSPS) is 25.4. The van der Waals surface area contributed by atoms with Crippen LogP contribution in [0, 0.1) is 11.8 Å². The van der Waals surface area contributed by atoms with Gasteiger partial charge >= 0.3 is 0 Å². The van der Waals surface area contributed by atoms with Gasteiger partial charge in [0, 0.05) is 52.4 Å². The number of rotatable bonds is 9. The number of likely N-dealkylation sites (tertiary alicyclic amines) is 1. The Balaban J connectivity index is 1.22. The van der Waals surface area contributed by atoms with E-state index in [-0.39, 0.29) is 0 Å². The van der Waals surface area contributed by atoms with Crippen LogP contribution in [0.15, 0.2) is 4.99 Å². The van der Waals surface area contributed by atoms with E-state index in [1.165, 1.54) is 25.7 Å². The second kappa shape index (κ2) is 11.9. The lowest BCUT2D eigenvalue weighted by molar-refractivity contribution is 0.00101. The minimum Gasteiger partial charge on any atom is -0.381 e. The highest BCUT2D eigenvalue weighted by molar-refractivity contribution is 5.79. The van der Waals surface area contributed by atoms with Gasteiger partial charge in [-0.15, -0.1) is 0 Å². The lowest BCUT2D eigenvalue weighted by Gasteiger charge is -2.34. The van der Waals surface area contributed by atoms with Crippen molar-refractivity contribution in [2.75, 3.05) is 59.7 Å². The zero-order valence-corrected chi connectivity index (χ0v) is 17.2. The second-order valence-corrected chi connectivity index (χ2v) is 8.30. The highest BCUT2D eigenvalue weighted by Gasteiger charge is 2.23. The number of aliphatic imine (C=N–C) groups is 1. The Morgan fingerprint density at radius 2 is 1.89 bits per heavy atom. The number of hydrogen-bond acceptors (Lipinski definition) is 4. The van der Waals surface area contributed by atoms with E-state index in [1.807, 2.05) is 7.05 Å². The fourth-order valence-corrected chi connectivity index (χ4v) is 4.35. The summed E-state index contributed by atoms with van der Waals surface area (Å²) in [6.07, 6.45) is 10.3. The summed E-state index contributed by atoms with van der Waals surface area (Å²) in [5.74, 6) is 2.44. The molecule has 6 nitrogen and oxygen atoms in total. The van der Waals surface area contributed by atoms with Gasteiger partial charge in [0.1, 0.15) is 0 Å². The minimum absolute atomic E-state index is 0.438. The number of nitrogens with one attached hydrogen (secondary N) is 1. The first-order valence-corrected chi connectivity index (χ1v) is 11.1. The summed E-state index contributed by atoms with van der Waals surface area (Å²) >= 11 is 0. The van der Waals surface area contributed by atoms with E-state index in [9.17, 15) is 0 Å². The van der Waals surface area contributed by atoms with Crippen molar-refractivity contribution < 1.29 is 14.2 Å². The first kappa shape index (κ1) is 20.9. The van der Waals surface area contributed by atoms with Crippen molar-refractivity contribution in [2.45, 2.75) is 57.5 Å². The summed E-state index contributed by atoms with van der Waals surface area (Å²) in [5.41, 5.74) is 0. The zero-order chi connectivity index (χ0) is 18.7. The molecule has 0 bridgehead atoms. The Morgan fingerprint density at radius 3 is 2.59 bits per heavy atom. The van der Waals surface area contributed by atoms with Crippen molar-refractivity contribution in [1.29, 1.82) is 0 Å². The monoisotopic (exact) mass is 381 g/mol. The van der Waals surface area contributed by atoms with Gasteiger partial charge in [-0.1, -0.05) is 12.8 Å². The van der Waals surface area contributed by atoms with Gasteiger partial charge in [0.05, 0.1) is 19.3 Å². The lowest BCUT2D eigenvalue weighted by Crippen LogP contribution is -2.47. The van der Waals surface area contributed by atoms with Crippen molar-refractivity contribution in [3.8, 4) is 0 Å². The summed E-state index contributed by atoms with van der Waals surface area (Å²) in [5, 5.41) is 3.49. The van der Waals surface area contributed by atoms with Gasteiger partial charge in [0.2, 0.25) is 0 Å². The highest BCUT2D eigenvalue weighted by atomic mass is 16.5. The third kappa shape index (κ3) is 7.24. The molecular weight excluding hydrogens is 342 g/mol. The average Bonchev–Trinajstić information content (AvgIpc) is 3.40. The molecule has 27 heavy (non-hydrogen) atoms. The maximum Gasteiger partial charge on any atom is 0.193 e. The fraction of sp³-hybridized carbons (Fsp3) is 0.952. The lowest BCUT2D eigenvalue weighted by atomic mass is 10.1. The largest absolute Gasteiger partial charge is 0.381 e. The van der Waals surface area contributed by atoms with E-state index >= 15 is 0 Å². The van der Waals surface area contributed by atoms with Gasteiger partial charge in [0.15, 0.2) is 5.96 Å². The van der Waals surface area contributed by atoms with Gasteiger partial charge < -0.3 is 24.4 Å². The molecule has 1 N–H and O–H groups in total. The van der Waals surface area contributed by atoms with Crippen LogP contribution in [0.5, 0.6) is 0 Å². The molecule has 0 aromatic carbocycles. The van der Waals surface area contributed by atoms with Crippen molar-refractivity contribution >= 4 is 5.96 Å². The molecule has 3 fully saturated rings. The van der Waals surface area contributed by atoms with Crippen LogP contribution in [0.2, 0.25) is 0 Å². The number of nitrogens with zero attached hydrogens (tertiary/aromatic N) is 2. The molecule has 2 aliphatic heterocycles. The molecule has 6 heteroatoms. The zero-order valence-electron chi connectivity index (χ0n) is 17.2. The van der Waals surface area contributed by atoms with Crippen molar-refractivity contribution in [3.05, 3.63) is 0 Å². The molecule has 1 saturated carbocycles. The quantitative estimate of drug-likeness (QED) is 0.378. The Kier molecular flexibility index (Phi) is 9.18. The third-order valence-corrected chi connectivity index (χ3v) is 6.12. The van der Waals surface area contributed by atoms with Crippen molar-refractivity contribution in [2.24, 2.45) is 16.8 Å². The number of piperidine rings is 1. The van der Waals surface area contributed by atoms with Crippen LogP contribution < -0.4 is 5.32 Å². The van der Waals surface area contributed by atoms with Gasteiger partial charge in [0.25, 0.3) is 0 Å². The molecular formula is C21H39N3O3. The molecule has 0 aromatic heterocycles. The van der Waals surface area contributed by atoms with Crippen molar-refractivity contribution in [1.82, 2.24) is 10.2 Å². The Bertz CT molecular complexity index is 426. The number of guanidine groups is 1. The molecule has 2 heterocycles. The van der Waals surface area contributed by atoms with Crippen LogP contribution in [0.4, 0.5) is 0 Å². The Hall–Kier alpha value is -0.850. The smallest absolute Gasteiger partial charge is 0.193 e. The van der Waals surface area contributed by atoms with E-state index in [1.54, 1.807) is 0 Å². The molecule has 0 aromatic rings. The number of ether oxygens (including phenoxy) is 3. The first-order chi connectivity index (χ1) is 13.3. The molecule has 2 saturated heterocycles. The summed E-state index contributed by atoms with van der Waals surface area (Å²) in [6, 6.07) is 0. The topological polar surface area (TPSA) is 55.3 Å². The summed E-state index contributed by atoms with van der Waals surface area (Å²) < 4.78 is 17.3. The third-order valence-electron chi connectivity index (χ3n) is 6.12. The highest BCUT2D eigenvalue weighted by Crippen LogP contribution is 2.26. The Morgan fingerprint density at radius 1 is 1.07 bits per heavy atom. The van der Waals surface area contributed by atoms with Crippen LogP contribution in [-0.4, -0.2) is 76.7 Å². The molecule has 1 aliphatic carbocycles. The van der Waals surface area contributed by atoms with Gasteiger partial charge in [-0.25, -0.2) is 0 Å². The maximum atomic E-state index is 6.18. The predicted octanol–water partition coefficient (Wildman–Crippen LogP) is 2.68. The molecule has 3 aliphatic rings. The molecule has 1 unspecified atom stereocenters. The van der Waals surface area contributed by atoms with Crippen LogP contribution in [0.3, 0.4) is 0 Å². The first-order valence-electron chi connectivity index (χ1n) is 11.1. The van der Waals surface area contributed by atoms with Crippen LogP contribution >= 0.6 is 0 Å². The Labute approximate surface area is 165 Å². The minimum atomic E-state index is 0.438. The maximum absolute atomic E-state index is 6.18. The van der Waals surface area contributed by atoms with Gasteiger partial charge in [-0.05, 0) is 44.4 Å². The van der Waals surface area contributed by atoms with Crippen LogP contribution in [-0.2, 0) is 14.2 Å². The van der Waals surface area contributed by atoms with E-state index in [2.05, 4.69) is 15.2 Å². The summed E-state index contributed by atoms with van der Waals surface area (Å²) in [6.45, 7) is 7.36. The molecule has 0 spiro atoms. The molecule has 1 atom stereocenters. The summed E-state index contributed by atoms with van der Waals surface area (Å²) in [4.78, 5) is 6.83. The second-order valence-electron chi connectivity index (χ2n) is 8.30. The fourth-order valence-electron chi connectivity index (χ4n) is 4.35. The van der Waals surface area contributed by atoms with Crippen molar-refractivity contribution in [3.63, 3.8) is 0 Å². The predicted molar refractivity (Wildman–Crippen MR) is 108 cm³/mol. The molecule has 0 radical (unpaired) electrons. The molecule has 3 rings (SSSR count). The average molecular weight is 382 g/mol. The van der Waals surface area contributed by atoms with E-state index in [4.69, 9.17) is 14.2 Å². The molecule has 0 amide bonds. The van der Waals surface area contributed by atoms with E-state index < -0.39 is 0 Å². The van der Waals surface area contributed by atoms with E-state index in [0.29, 0.717) is 12.0 Å². The number of hydrogen-bond donors (Lipinski definition) is 1. The van der Waals surface area contributed by atoms with E-state index in [0.717, 1.165) is 90.2 Å². The van der Waals surface area contributed by atoms with Gasteiger partial charge in [-0.3, -0.25) is 4.99 Å².